The van der Waals surface area contributed by atoms with Crippen LogP contribution in [0.3, 0.4) is 0 Å². The van der Waals surface area contributed by atoms with Gasteiger partial charge in [0.25, 0.3) is 0 Å². The molecule has 10 heteroatoms. The van der Waals surface area contributed by atoms with Crippen LogP contribution in [0.4, 0.5) is 0 Å². The van der Waals surface area contributed by atoms with E-state index in [1.807, 2.05) is 74.5 Å². The van der Waals surface area contributed by atoms with Gasteiger partial charge in [-0.25, -0.2) is 0 Å². The minimum atomic E-state index is 0.454. The molecule has 0 bridgehead atoms. The van der Waals surface area contributed by atoms with Gasteiger partial charge >= 0.3 is 0 Å². The largest absolute Gasteiger partial charge is 0.492 e. The van der Waals surface area contributed by atoms with Crippen LogP contribution < -0.4 is 47.4 Å². The molecule has 0 aromatic heterocycles. The quantitative estimate of drug-likeness (QED) is 0.0414. The van der Waals surface area contributed by atoms with Crippen LogP contribution in [0.5, 0.6) is 57.5 Å². The summed E-state index contributed by atoms with van der Waals surface area (Å²) >= 11 is 0. The van der Waals surface area contributed by atoms with Crippen LogP contribution in [-0.2, 0) is 0 Å². The first-order valence-corrected chi connectivity index (χ1v) is 29.3. The van der Waals surface area contributed by atoms with Crippen molar-refractivity contribution in [3.8, 4) is 130 Å². The van der Waals surface area contributed by atoms with Crippen LogP contribution >= 0.6 is 0 Å². The van der Waals surface area contributed by atoms with Crippen molar-refractivity contribution in [2.45, 2.75) is 133 Å². The maximum Gasteiger partial charge on any atom is 0.136 e. The van der Waals surface area contributed by atoms with Crippen LogP contribution in [-0.4, -0.2) is 66.1 Å². The molecule has 5 rings (SSSR count). The summed E-state index contributed by atoms with van der Waals surface area (Å²) in [7, 11) is 0. The summed E-state index contributed by atoms with van der Waals surface area (Å²) in [5, 5.41) is 0. The van der Waals surface area contributed by atoms with Crippen molar-refractivity contribution in [3.63, 3.8) is 0 Å². The number of ether oxygens (including phenoxy) is 10. The molecule has 5 aromatic carbocycles. The van der Waals surface area contributed by atoms with E-state index < -0.39 is 0 Å². The first-order chi connectivity index (χ1) is 40.1. The second kappa shape index (κ2) is 35.9. The van der Waals surface area contributed by atoms with Crippen molar-refractivity contribution in [2.24, 2.45) is 0 Å². The second-order valence-corrected chi connectivity index (χ2v) is 19.0. The highest BCUT2D eigenvalue weighted by atomic mass is 16.5. The SMILES string of the molecule is C#Cc1cc(OCCC)c(C#Cc2cc(OCCC)c(C#Cc3cc(OCCC)c(C#Cc4cc(OCCC)c(C#Cc5cc(OCCC)c(C#C)cc5OCCC)cc4OCCC)cc3OCCC)cc2OCCC)cc1OCCC. The predicted octanol–water partition coefficient (Wildman–Crippen LogP) is 15.1. The fraction of sp³-hybridized carbons (Fsp3) is 0.417. The highest BCUT2D eigenvalue weighted by Gasteiger charge is 2.17. The number of hydrogen-bond donors (Lipinski definition) is 0. The Hall–Kier alpha value is -8.54. The monoisotopic (exact) mass is 1110 g/mol. The van der Waals surface area contributed by atoms with Crippen molar-refractivity contribution in [2.75, 3.05) is 66.1 Å². The van der Waals surface area contributed by atoms with Crippen LogP contribution in [0.1, 0.15) is 189 Å². The molecule has 0 atom stereocenters. The van der Waals surface area contributed by atoms with E-state index in [-0.39, 0.29) is 0 Å². The summed E-state index contributed by atoms with van der Waals surface area (Å²) in [6.07, 6.45) is 19.8. The Labute approximate surface area is 490 Å². The van der Waals surface area contributed by atoms with Gasteiger partial charge in [-0.15, -0.1) is 12.8 Å². The predicted molar refractivity (Wildman–Crippen MR) is 330 cm³/mol. The lowest BCUT2D eigenvalue weighted by molar-refractivity contribution is 0.307. The molecule has 0 aliphatic rings. The van der Waals surface area contributed by atoms with E-state index in [2.05, 4.69) is 115 Å². The van der Waals surface area contributed by atoms with Crippen LogP contribution in [0.15, 0.2) is 60.7 Å². The van der Waals surface area contributed by atoms with Crippen LogP contribution in [0.2, 0.25) is 0 Å². The van der Waals surface area contributed by atoms with E-state index in [1.165, 1.54) is 0 Å². The summed E-state index contributed by atoms with van der Waals surface area (Å²) in [6, 6.07) is 18.7. The number of hydrogen-bond acceptors (Lipinski definition) is 10. The van der Waals surface area contributed by atoms with E-state index in [1.54, 1.807) is 0 Å². The lowest BCUT2D eigenvalue weighted by Crippen LogP contribution is -2.03. The fourth-order valence-corrected chi connectivity index (χ4v) is 7.66. The first kappa shape index (κ1) is 64.3. The van der Waals surface area contributed by atoms with Crippen LogP contribution in [0.25, 0.3) is 0 Å². The summed E-state index contributed by atoms with van der Waals surface area (Å²) in [5.41, 5.74) is 6.26. The zero-order valence-electron chi connectivity index (χ0n) is 50.2. The maximum absolute atomic E-state index is 6.44. The smallest absolute Gasteiger partial charge is 0.136 e. The molecular formula is C72H82O10. The standard InChI is InChI=1S/C72H82O10/c1-13-33-73-63-45-55(65(75-35-15-3)43-53(63)23-11)25-27-57-47-69(79-39-19-7)59(49-67(57)77-37-17-5)29-31-61-51-72(82-42-22-10)62(52-71(61)81-41-21-9)32-30-60-50-68(78-38-18-6)58(48-70(60)80-40-20-8)28-26-56-46-64(74-34-14-2)54(24-12)44-66(56)76-36-16-4/h11-12,43-52H,13-22,33-42H2,1-10H3. The molecule has 0 fully saturated rings. The molecule has 0 aliphatic carbocycles. The molecule has 0 heterocycles. The molecule has 430 valence electrons. The van der Waals surface area contributed by atoms with Gasteiger partial charge in [0.1, 0.15) is 57.5 Å². The third-order valence-electron chi connectivity index (χ3n) is 11.7. The molecule has 0 N–H and O–H groups in total. The first-order valence-electron chi connectivity index (χ1n) is 29.3. The molecule has 0 radical (unpaired) electrons. The highest BCUT2D eigenvalue weighted by molar-refractivity contribution is 5.67. The van der Waals surface area contributed by atoms with E-state index in [0.717, 1.165) is 64.2 Å². The molecule has 82 heavy (non-hydrogen) atoms. The topological polar surface area (TPSA) is 92.3 Å². The van der Waals surface area contributed by atoms with Gasteiger partial charge < -0.3 is 47.4 Å². The van der Waals surface area contributed by atoms with Gasteiger partial charge in [-0.05, 0) is 64.2 Å². The lowest BCUT2D eigenvalue weighted by Gasteiger charge is -2.14. The highest BCUT2D eigenvalue weighted by Crippen LogP contribution is 2.35. The van der Waals surface area contributed by atoms with Gasteiger partial charge in [-0.2, -0.15) is 0 Å². The summed E-state index contributed by atoms with van der Waals surface area (Å²) in [6.45, 7) is 25.4. The fourth-order valence-electron chi connectivity index (χ4n) is 7.66. The van der Waals surface area contributed by atoms with Crippen molar-refractivity contribution >= 4 is 0 Å². The Kier molecular flexibility index (Phi) is 28.2. The van der Waals surface area contributed by atoms with Crippen molar-refractivity contribution in [1.29, 1.82) is 0 Å². The Morgan fingerprint density at radius 1 is 0.207 bits per heavy atom. The average molecular weight is 1110 g/mol. The van der Waals surface area contributed by atoms with Gasteiger partial charge in [-0.1, -0.05) is 128 Å². The summed E-state index contributed by atoms with van der Waals surface area (Å²) < 4.78 is 62.8. The summed E-state index contributed by atoms with van der Waals surface area (Å²) in [5.74, 6) is 38.3. The lowest BCUT2D eigenvalue weighted by atomic mass is 10.0. The summed E-state index contributed by atoms with van der Waals surface area (Å²) in [4.78, 5) is 0. The van der Waals surface area contributed by atoms with Gasteiger partial charge in [0.15, 0.2) is 0 Å². The van der Waals surface area contributed by atoms with E-state index >= 15 is 0 Å². The molecule has 10 nitrogen and oxygen atoms in total. The van der Waals surface area contributed by atoms with Crippen molar-refractivity contribution < 1.29 is 47.4 Å². The Morgan fingerprint density at radius 3 is 0.427 bits per heavy atom. The molecule has 0 amide bonds. The van der Waals surface area contributed by atoms with Gasteiger partial charge in [0.05, 0.1) is 122 Å². The number of rotatable bonds is 30. The number of terminal acetylenes is 2. The molecule has 0 spiro atoms. The zero-order valence-corrected chi connectivity index (χ0v) is 50.2. The zero-order chi connectivity index (χ0) is 58.9. The Balaban J connectivity index is 1.67. The minimum absolute atomic E-state index is 0.454. The third-order valence-corrected chi connectivity index (χ3v) is 11.7. The van der Waals surface area contributed by atoms with Gasteiger partial charge in [0.2, 0.25) is 0 Å². The molecule has 0 unspecified atom stereocenters. The molecule has 0 saturated heterocycles. The molecule has 5 aromatic rings. The maximum atomic E-state index is 6.44. The molecule has 0 saturated carbocycles. The van der Waals surface area contributed by atoms with E-state index in [0.29, 0.717) is 179 Å². The minimum Gasteiger partial charge on any atom is -0.492 e. The Morgan fingerprint density at radius 2 is 0.317 bits per heavy atom. The van der Waals surface area contributed by atoms with Crippen molar-refractivity contribution in [3.05, 3.63) is 116 Å². The average Bonchev–Trinajstić information content (AvgIpc) is 3.66. The molecule has 0 aliphatic heterocycles. The van der Waals surface area contributed by atoms with E-state index in [4.69, 9.17) is 60.2 Å². The molecular weight excluding hydrogens is 1020 g/mol. The third kappa shape index (κ3) is 19.3. The number of benzene rings is 5. The second-order valence-electron chi connectivity index (χ2n) is 19.0. The van der Waals surface area contributed by atoms with E-state index in [9.17, 15) is 0 Å². The van der Waals surface area contributed by atoms with Gasteiger partial charge in [0, 0.05) is 60.7 Å². The van der Waals surface area contributed by atoms with Crippen molar-refractivity contribution in [1.82, 2.24) is 0 Å². The Bertz CT molecular complexity index is 3020. The van der Waals surface area contributed by atoms with Crippen LogP contribution in [0, 0.1) is 72.1 Å². The normalized spacial score (nSPS) is 10.1. The van der Waals surface area contributed by atoms with Gasteiger partial charge in [-0.3, -0.25) is 0 Å².